The van der Waals surface area contributed by atoms with E-state index in [0.717, 1.165) is 63.0 Å². The van der Waals surface area contributed by atoms with E-state index in [1.807, 2.05) is 40.9 Å². The summed E-state index contributed by atoms with van der Waals surface area (Å²) in [5.74, 6) is 1.98. The van der Waals surface area contributed by atoms with Gasteiger partial charge >= 0.3 is 0 Å². The van der Waals surface area contributed by atoms with Crippen LogP contribution in [0.25, 0.3) is 118 Å². The summed E-state index contributed by atoms with van der Waals surface area (Å²) in [6, 6.07) is 63.6. The zero-order valence-electron chi connectivity index (χ0n) is 34.0. The van der Waals surface area contributed by atoms with Crippen LogP contribution in [0.4, 0.5) is 0 Å². The van der Waals surface area contributed by atoms with Gasteiger partial charge in [0.2, 0.25) is 0 Å². The fourth-order valence-electron chi connectivity index (χ4n) is 9.60. The predicted octanol–water partition coefficient (Wildman–Crippen LogP) is 16.1. The molecule has 13 rings (SSSR count). The van der Waals surface area contributed by atoms with Crippen LogP contribution in [-0.2, 0) is 0 Å². The summed E-state index contributed by atoms with van der Waals surface area (Å²) in [5, 5.41) is 7.83. The first-order chi connectivity index (χ1) is 31.2. The Morgan fingerprint density at radius 3 is 1.70 bits per heavy atom. The van der Waals surface area contributed by atoms with Crippen molar-refractivity contribution in [1.29, 1.82) is 0 Å². The first-order valence-electron chi connectivity index (χ1n) is 21.4. The van der Waals surface area contributed by atoms with Gasteiger partial charge in [-0.05, 0) is 60.4 Å². The van der Waals surface area contributed by atoms with Gasteiger partial charge in [0, 0.05) is 78.9 Å². The molecule has 63 heavy (non-hydrogen) atoms. The molecule has 4 heterocycles. The van der Waals surface area contributed by atoms with Crippen molar-refractivity contribution in [3.63, 3.8) is 0 Å². The summed E-state index contributed by atoms with van der Waals surface area (Å²) in [5.41, 5.74) is 10.8. The van der Waals surface area contributed by atoms with Crippen LogP contribution in [0.2, 0.25) is 0 Å². The third-order valence-corrected chi connectivity index (χ3v) is 14.9. The summed E-state index contributed by atoms with van der Waals surface area (Å²) in [6.45, 7) is 0. The lowest BCUT2D eigenvalue weighted by Gasteiger charge is -2.21. The highest BCUT2D eigenvalue weighted by Gasteiger charge is 2.25. The highest BCUT2D eigenvalue weighted by atomic mass is 32.1. The smallest absolute Gasteiger partial charge is 0.164 e. The number of thiophene rings is 2. The molecule has 0 saturated heterocycles. The van der Waals surface area contributed by atoms with E-state index in [0.29, 0.717) is 17.5 Å². The van der Waals surface area contributed by atoms with Crippen LogP contribution in [0.15, 0.2) is 194 Å². The van der Waals surface area contributed by atoms with Crippen molar-refractivity contribution < 1.29 is 0 Å². The van der Waals surface area contributed by atoms with Crippen LogP contribution in [0, 0.1) is 0 Å². The molecule has 0 atom stereocenters. The number of allylic oxidation sites excluding steroid dienone is 4. The van der Waals surface area contributed by atoms with Crippen molar-refractivity contribution in [2.24, 2.45) is 0 Å². The average Bonchev–Trinajstić information content (AvgIpc) is 4.04. The van der Waals surface area contributed by atoms with Crippen LogP contribution >= 0.6 is 22.7 Å². The third kappa shape index (κ3) is 5.83. The van der Waals surface area contributed by atoms with Gasteiger partial charge < -0.3 is 4.57 Å². The maximum Gasteiger partial charge on any atom is 0.164 e. The van der Waals surface area contributed by atoms with Gasteiger partial charge in [-0.1, -0.05) is 158 Å². The molecule has 0 N–H and O–H groups in total. The standard InChI is InChI=1S/C57H36N4S2/c1-5-17-35(18-6-1)44-33-39(57-59-55(37-21-9-3-10-22-37)58-56(60-57)38-23-11-4-12-24-38)34-45(36-19-7-2-8-20-36)52(44)61-46-27-15-13-25-42(46)50-47(61)31-29-40-41-30-32-49-51(54(41)63-53(40)50)43-26-14-16-28-48(43)62-49/h1-3,5-11,13-34H,4,12H2. The Hall–Kier alpha value is -7.51. The van der Waals surface area contributed by atoms with Crippen molar-refractivity contribution in [2.75, 3.05) is 0 Å². The second-order valence-corrected chi connectivity index (χ2v) is 18.3. The Labute approximate surface area is 371 Å². The number of para-hydroxylation sites is 1. The molecule has 8 aromatic carbocycles. The minimum Gasteiger partial charge on any atom is -0.308 e. The van der Waals surface area contributed by atoms with Gasteiger partial charge in [0.1, 0.15) is 0 Å². The van der Waals surface area contributed by atoms with E-state index in [1.54, 1.807) is 0 Å². The van der Waals surface area contributed by atoms with E-state index in [9.17, 15) is 0 Å². The fraction of sp³-hybridized carbons (Fsp3) is 0.0351. The van der Waals surface area contributed by atoms with Gasteiger partial charge in [-0.2, -0.15) is 0 Å². The molecule has 0 aliphatic heterocycles. The number of hydrogen-bond acceptors (Lipinski definition) is 5. The monoisotopic (exact) mass is 840 g/mol. The predicted molar refractivity (Wildman–Crippen MR) is 268 cm³/mol. The molecule has 12 aromatic rings. The van der Waals surface area contributed by atoms with Crippen molar-refractivity contribution in [2.45, 2.75) is 12.8 Å². The molecular weight excluding hydrogens is 805 g/mol. The lowest BCUT2D eigenvalue weighted by Crippen LogP contribution is -2.05. The second kappa shape index (κ2) is 14.6. The first kappa shape index (κ1) is 36.2. The fourth-order valence-corrected chi connectivity index (χ4v) is 12.2. The Morgan fingerprint density at radius 1 is 0.413 bits per heavy atom. The minimum absolute atomic E-state index is 0.640. The van der Waals surface area contributed by atoms with Crippen molar-refractivity contribution >= 4 is 90.4 Å². The van der Waals surface area contributed by atoms with E-state index < -0.39 is 0 Å². The number of rotatable bonds is 6. The zero-order valence-corrected chi connectivity index (χ0v) is 35.6. The Morgan fingerprint density at radius 2 is 1.00 bits per heavy atom. The number of nitrogens with zero attached hydrogens (tertiary/aromatic N) is 4. The van der Waals surface area contributed by atoms with E-state index in [-0.39, 0.29) is 0 Å². The molecular formula is C57H36N4S2. The maximum absolute atomic E-state index is 5.26. The molecule has 0 amide bonds. The quantitative estimate of drug-likeness (QED) is 0.167. The molecule has 0 radical (unpaired) electrons. The molecule has 296 valence electrons. The topological polar surface area (TPSA) is 43.6 Å². The molecule has 6 heteroatoms. The molecule has 1 aliphatic rings. The van der Waals surface area contributed by atoms with Crippen LogP contribution in [0.5, 0.6) is 0 Å². The van der Waals surface area contributed by atoms with Gasteiger partial charge in [-0.25, -0.2) is 15.0 Å². The maximum atomic E-state index is 5.26. The average molecular weight is 841 g/mol. The van der Waals surface area contributed by atoms with Crippen molar-refractivity contribution in [1.82, 2.24) is 19.5 Å². The van der Waals surface area contributed by atoms with Crippen molar-refractivity contribution in [3.8, 4) is 50.7 Å². The number of aromatic nitrogens is 4. The van der Waals surface area contributed by atoms with E-state index in [2.05, 4.69) is 181 Å². The number of benzene rings is 8. The third-order valence-electron chi connectivity index (χ3n) is 12.5. The van der Waals surface area contributed by atoms with Crippen molar-refractivity contribution in [3.05, 3.63) is 200 Å². The highest BCUT2D eigenvalue weighted by molar-refractivity contribution is 7.30. The number of fused-ring (bicyclic) bond motifs is 11. The first-order valence-corrected chi connectivity index (χ1v) is 23.1. The SMILES string of the molecule is C1=CC(c2nc(-c3ccccc3)nc(-c3cc(-c4ccccc4)c(-n4c5ccccc5c5c6sc7c(ccc8sc9ccccc9c87)c6ccc54)c(-c4ccccc4)c3)n2)=CCC1. The molecule has 4 aromatic heterocycles. The molecule has 0 spiro atoms. The van der Waals surface area contributed by atoms with Gasteiger partial charge in [0.05, 0.1) is 16.7 Å². The second-order valence-electron chi connectivity index (χ2n) is 16.2. The molecule has 0 unspecified atom stereocenters. The van der Waals surface area contributed by atoms with E-state index in [1.165, 1.54) is 56.6 Å². The lowest BCUT2D eigenvalue weighted by atomic mass is 9.92. The summed E-state index contributed by atoms with van der Waals surface area (Å²) in [7, 11) is 0. The van der Waals surface area contributed by atoms with Gasteiger partial charge in [0.15, 0.2) is 17.5 Å². The van der Waals surface area contributed by atoms with E-state index >= 15 is 0 Å². The normalized spacial score (nSPS) is 13.0. The summed E-state index contributed by atoms with van der Waals surface area (Å²) in [6.07, 6.45) is 8.57. The van der Waals surface area contributed by atoms with Crippen LogP contribution < -0.4 is 0 Å². The molecule has 0 saturated carbocycles. The molecule has 4 nitrogen and oxygen atoms in total. The Balaban J connectivity index is 1.13. The zero-order chi connectivity index (χ0) is 41.4. The Kier molecular flexibility index (Phi) is 8.36. The van der Waals surface area contributed by atoms with Crippen LogP contribution in [-0.4, -0.2) is 19.5 Å². The molecule has 0 bridgehead atoms. The molecule has 1 aliphatic carbocycles. The summed E-state index contributed by atoms with van der Waals surface area (Å²) < 4.78 is 7.86. The lowest BCUT2D eigenvalue weighted by molar-refractivity contribution is 1.01. The van der Waals surface area contributed by atoms with E-state index in [4.69, 9.17) is 15.0 Å². The minimum atomic E-state index is 0.640. The summed E-state index contributed by atoms with van der Waals surface area (Å²) >= 11 is 3.82. The Bertz CT molecular complexity index is 3780. The highest BCUT2D eigenvalue weighted by Crippen LogP contribution is 2.50. The molecule has 0 fully saturated rings. The van der Waals surface area contributed by atoms with Crippen LogP contribution in [0.3, 0.4) is 0 Å². The largest absolute Gasteiger partial charge is 0.308 e. The van der Waals surface area contributed by atoms with Gasteiger partial charge in [0.25, 0.3) is 0 Å². The van der Waals surface area contributed by atoms with Crippen LogP contribution in [0.1, 0.15) is 18.7 Å². The van der Waals surface area contributed by atoms with Gasteiger partial charge in [-0.15, -0.1) is 22.7 Å². The number of hydrogen-bond donors (Lipinski definition) is 0. The summed E-state index contributed by atoms with van der Waals surface area (Å²) in [4.78, 5) is 15.6. The van der Waals surface area contributed by atoms with Gasteiger partial charge in [-0.3, -0.25) is 0 Å².